The van der Waals surface area contributed by atoms with Crippen molar-refractivity contribution < 1.29 is 9.47 Å². The molecule has 2 aliphatic heterocycles. The minimum absolute atomic E-state index is 0.341. The van der Waals surface area contributed by atoms with Gasteiger partial charge in [-0.15, -0.1) is 0 Å². The normalized spacial score (nSPS) is 32.3. The molecule has 1 aliphatic carbocycles. The lowest BCUT2D eigenvalue weighted by molar-refractivity contribution is -0.0367. The average Bonchev–Trinajstić information content (AvgIpc) is 3.09. The lowest BCUT2D eigenvalue weighted by Gasteiger charge is -2.34. The molecule has 0 radical (unpaired) electrons. The first-order chi connectivity index (χ1) is 11.3. The van der Waals surface area contributed by atoms with E-state index in [0.29, 0.717) is 18.2 Å². The van der Waals surface area contributed by atoms with Gasteiger partial charge in [0.2, 0.25) is 0 Å². The van der Waals surface area contributed by atoms with Crippen LogP contribution >= 0.6 is 0 Å². The molecule has 3 fully saturated rings. The van der Waals surface area contributed by atoms with Crippen LogP contribution in [-0.2, 0) is 9.47 Å². The lowest BCUT2D eigenvalue weighted by Crippen LogP contribution is -2.48. The first-order valence-corrected chi connectivity index (χ1v) is 9.51. The highest BCUT2D eigenvalue weighted by atomic mass is 16.5. The minimum Gasteiger partial charge on any atom is -0.376 e. The third-order valence-corrected chi connectivity index (χ3v) is 5.39. The minimum atomic E-state index is 0.341. The zero-order chi connectivity index (χ0) is 16.1. The first kappa shape index (κ1) is 17.0. The van der Waals surface area contributed by atoms with Crippen molar-refractivity contribution in [2.24, 2.45) is 10.9 Å². The van der Waals surface area contributed by atoms with E-state index in [4.69, 9.17) is 9.47 Å². The van der Waals surface area contributed by atoms with E-state index in [0.717, 1.165) is 57.4 Å². The van der Waals surface area contributed by atoms with Crippen LogP contribution in [0, 0.1) is 5.92 Å². The Morgan fingerprint density at radius 1 is 1.30 bits per heavy atom. The summed E-state index contributed by atoms with van der Waals surface area (Å²) in [6.07, 6.45) is 9.21. The number of aliphatic imine (C=N–C) groups is 1. The van der Waals surface area contributed by atoms with E-state index in [2.05, 4.69) is 22.1 Å². The molecule has 2 heterocycles. The van der Waals surface area contributed by atoms with Crippen LogP contribution in [0.2, 0.25) is 0 Å². The summed E-state index contributed by atoms with van der Waals surface area (Å²) in [5, 5.41) is 3.65. The van der Waals surface area contributed by atoms with Gasteiger partial charge in [-0.2, -0.15) is 0 Å². The molecule has 1 saturated carbocycles. The van der Waals surface area contributed by atoms with Gasteiger partial charge in [0, 0.05) is 32.8 Å². The van der Waals surface area contributed by atoms with Crippen molar-refractivity contribution in [3.63, 3.8) is 0 Å². The highest BCUT2D eigenvalue weighted by Crippen LogP contribution is 2.34. The smallest absolute Gasteiger partial charge is 0.193 e. The van der Waals surface area contributed by atoms with Gasteiger partial charge in [0.25, 0.3) is 0 Å². The molecule has 0 spiro atoms. The number of nitrogens with one attached hydrogen (secondary N) is 1. The SMILES string of the molecule is CCC[C@@H]1C[C@@H]1NC(=NC)N1CCC(OC[C@H]2CCCO2)CC1. The van der Waals surface area contributed by atoms with Gasteiger partial charge in [0.1, 0.15) is 0 Å². The summed E-state index contributed by atoms with van der Waals surface area (Å²) in [6, 6.07) is 0.655. The summed E-state index contributed by atoms with van der Waals surface area (Å²) in [6.45, 7) is 6.04. The Morgan fingerprint density at radius 2 is 2.13 bits per heavy atom. The quantitative estimate of drug-likeness (QED) is 0.602. The molecule has 0 unspecified atom stereocenters. The highest BCUT2D eigenvalue weighted by molar-refractivity contribution is 5.80. The number of hydrogen-bond donors (Lipinski definition) is 1. The number of likely N-dealkylation sites (tertiary alicyclic amines) is 1. The number of rotatable bonds is 6. The van der Waals surface area contributed by atoms with Crippen LogP contribution < -0.4 is 5.32 Å². The van der Waals surface area contributed by atoms with E-state index in [-0.39, 0.29) is 0 Å². The van der Waals surface area contributed by atoms with E-state index >= 15 is 0 Å². The molecule has 3 rings (SSSR count). The summed E-state index contributed by atoms with van der Waals surface area (Å²) >= 11 is 0. The van der Waals surface area contributed by atoms with E-state index in [1.54, 1.807) is 0 Å². The van der Waals surface area contributed by atoms with Crippen LogP contribution in [0.1, 0.15) is 51.9 Å². The van der Waals surface area contributed by atoms with E-state index in [1.807, 2.05) is 7.05 Å². The lowest BCUT2D eigenvalue weighted by atomic mass is 10.1. The van der Waals surface area contributed by atoms with Gasteiger partial charge in [-0.1, -0.05) is 13.3 Å². The molecular weight excluding hydrogens is 290 g/mol. The molecule has 3 aliphatic rings. The van der Waals surface area contributed by atoms with Crippen LogP contribution in [0.4, 0.5) is 0 Å². The predicted molar refractivity (Wildman–Crippen MR) is 92.8 cm³/mol. The maximum Gasteiger partial charge on any atom is 0.193 e. The van der Waals surface area contributed by atoms with Gasteiger partial charge in [-0.25, -0.2) is 0 Å². The second kappa shape index (κ2) is 8.34. The Balaban J connectivity index is 1.35. The van der Waals surface area contributed by atoms with Gasteiger partial charge in [0.05, 0.1) is 18.8 Å². The summed E-state index contributed by atoms with van der Waals surface area (Å²) in [5.74, 6) is 1.95. The van der Waals surface area contributed by atoms with Crippen molar-refractivity contribution in [3.8, 4) is 0 Å². The van der Waals surface area contributed by atoms with Crippen molar-refractivity contribution in [1.29, 1.82) is 0 Å². The van der Waals surface area contributed by atoms with Crippen molar-refractivity contribution in [1.82, 2.24) is 10.2 Å². The number of nitrogens with zero attached hydrogens (tertiary/aromatic N) is 2. The molecule has 0 aromatic rings. The Morgan fingerprint density at radius 3 is 2.78 bits per heavy atom. The molecule has 3 atom stereocenters. The molecule has 0 aromatic heterocycles. The average molecular weight is 323 g/mol. The molecular formula is C18H33N3O2. The van der Waals surface area contributed by atoms with Gasteiger partial charge in [0.15, 0.2) is 5.96 Å². The monoisotopic (exact) mass is 323 g/mol. The highest BCUT2D eigenvalue weighted by Gasteiger charge is 2.37. The van der Waals surface area contributed by atoms with E-state index < -0.39 is 0 Å². The Hall–Kier alpha value is -0.810. The number of hydrogen-bond acceptors (Lipinski definition) is 3. The van der Waals surface area contributed by atoms with Crippen LogP contribution in [-0.4, -0.2) is 62.5 Å². The second-order valence-electron chi connectivity index (χ2n) is 7.24. The van der Waals surface area contributed by atoms with E-state index in [1.165, 1.54) is 25.7 Å². The number of piperidine rings is 1. The zero-order valence-corrected chi connectivity index (χ0v) is 14.8. The standard InChI is InChI=1S/C18H33N3O2/c1-3-5-14-12-17(14)20-18(19-2)21-9-7-15(8-10-21)23-13-16-6-4-11-22-16/h14-17H,3-13H2,1-2H3,(H,19,20)/t14-,16-,17+/m1/s1. The van der Waals surface area contributed by atoms with Gasteiger partial charge in [-0.05, 0) is 44.4 Å². The second-order valence-corrected chi connectivity index (χ2v) is 7.24. The number of guanidine groups is 1. The van der Waals surface area contributed by atoms with Gasteiger partial charge in [-0.3, -0.25) is 4.99 Å². The maximum absolute atomic E-state index is 6.06. The maximum atomic E-state index is 6.06. The molecule has 23 heavy (non-hydrogen) atoms. The summed E-state index contributed by atoms with van der Waals surface area (Å²) in [4.78, 5) is 6.89. The van der Waals surface area contributed by atoms with Crippen LogP contribution in [0.15, 0.2) is 4.99 Å². The van der Waals surface area contributed by atoms with Crippen LogP contribution in [0.5, 0.6) is 0 Å². The Kier molecular flexibility index (Phi) is 6.17. The predicted octanol–water partition coefficient (Wildman–Crippen LogP) is 2.41. The fourth-order valence-corrected chi connectivity index (χ4v) is 3.83. The third kappa shape index (κ3) is 4.83. The first-order valence-electron chi connectivity index (χ1n) is 9.51. The summed E-state index contributed by atoms with van der Waals surface area (Å²) in [7, 11) is 1.90. The van der Waals surface area contributed by atoms with Crippen molar-refractivity contribution in [2.45, 2.75) is 70.1 Å². The topological polar surface area (TPSA) is 46.1 Å². The molecule has 0 amide bonds. The van der Waals surface area contributed by atoms with Crippen molar-refractivity contribution >= 4 is 5.96 Å². The van der Waals surface area contributed by atoms with Crippen LogP contribution in [0.3, 0.4) is 0 Å². The summed E-state index contributed by atoms with van der Waals surface area (Å²) < 4.78 is 11.7. The summed E-state index contributed by atoms with van der Waals surface area (Å²) in [5.41, 5.74) is 0. The molecule has 0 bridgehead atoms. The molecule has 0 aromatic carbocycles. The number of ether oxygens (including phenoxy) is 2. The van der Waals surface area contributed by atoms with Gasteiger partial charge >= 0.3 is 0 Å². The van der Waals surface area contributed by atoms with Gasteiger partial charge < -0.3 is 19.7 Å². The third-order valence-electron chi connectivity index (χ3n) is 5.39. The Bertz CT molecular complexity index is 388. The molecule has 1 N–H and O–H groups in total. The Labute approximate surface area is 140 Å². The molecule has 2 saturated heterocycles. The fourth-order valence-electron chi connectivity index (χ4n) is 3.83. The zero-order valence-electron chi connectivity index (χ0n) is 14.8. The largest absolute Gasteiger partial charge is 0.376 e. The molecule has 132 valence electrons. The van der Waals surface area contributed by atoms with E-state index in [9.17, 15) is 0 Å². The van der Waals surface area contributed by atoms with Crippen molar-refractivity contribution in [3.05, 3.63) is 0 Å². The van der Waals surface area contributed by atoms with Crippen molar-refractivity contribution in [2.75, 3.05) is 33.4 Å². The van der Waals surface area contributed by atoms with Crippen LogP contribution in [0.25, 0.3) is 0 Å². The molecule has 5 heteroatoms. The molecule has 5 nitrogen and oxygen atoms in total. The fraction of sp³-hybridized carbons (Fsp3) is 0.944.